The van der Waals surface area contributed by atoms with E-state index < -0.39 is 10.0 Å². The summed E-state index contributed by atoms with van der Waals surface area (Å²) in [5.41, 5.74) is 0.697. The molecule has 0 aliphatic heterocycles. The molecular formula is C11H14N2O4S2. The second kappa shape index (κ2) is 5.41. The molecule has 2 aromatic rings. The number of aliphatic hydroxyl groups excluding tert-OH is 1. The van der Waals surface area contributed by atoms with Gasteiger partial charge in [0.1, 0.15) is 12.4 Å². The summed E-state index contributed by atoms with van der Waals surface area (Å²) in [5, 5.41) is 11.4. The Kier molecular flexibility index (Phi) is 4.04. The topological polar surface area (TPSA) is 83.6 Å². The van der Waals surface area contributed by atoms with E-state index in [1.54, 1.807) is 0 Å². The number of aryl methyl sites for hydroxylation is 1. The van der Waals surface area contributed by atoms with E-state index in [9.17, 15) is 8.42 Å². The third-order valence-electron chi connectivity index (χ3n) is 2.51. The van der Waals surface area contributed by atoms with Gasteiger partial charge in [0.15, 0.2) is 0 Å². The third-order valence-corrected chi connectivity index (χ3v) is 5.01. The van der Waals surface area contributed by atoms with Crippen molar-refractivity contribution >= 4 is 21.4 Å². The lowest BCUT2D eigenvalue weighted by Gasteiger charge is -2.13. The zero-order valence-electron chi connectivity index (χ0n) is 10.5. The van der Waals surface area contributed by atoms with Crippen LogP contribution in [0.25, 0.3) is 0 Å². The molecule has 0 fully saturated rings. The van der Waals surface area contributed by atoms with Gasteiger partial charge < -0.3 is 9.52 Å². The molecule has 0 spiro atoms. The largest absolute Gasteiger partial charge is 0.446 e. The van der Waals surface area contributed by atoms with Crippen LogP contribution < -0.4 is 0 Å². The molecule has 2 rings (SSSR count). The van der Waals surface area contributed by atoms with Crippen molar-refractivity contribution in [1.82, 2.24) is 9.29 Å². The first-order chi connectivity index (χ1) is 8.93. The Morgan fingerprint density at radius 2 is 2.21 bits per heavy atom. The molecule has 0 unspecified atom stereocenters. The maximum Gasteiger partial charge on any atom is 0.276 e. The number of hydrogen-bond donors (Lipinski definition) is 1. The molecule has 0 radical (unpaired) electrons. The summed E-state index contributed by atoms with van der Waals surface area (Å²) in [5.74, 6) is 0.219. The lowest BCUT2D eigenvalue weighted by molar-refractivity contribution is 0.235. The Hall–Kier alpha value is -1.22. The molecular weight excluding hydrogens is 288 g/mol. The number of sulfonamides is 1. The van der Waals surface area contributed by atoms with E-state index in [0.29, 0.717) is 5.69 Å². The molecule has 19 heavy (non-hydrogen) atoms. The van der Waals surface area contributed by atoms with E-state index in [2.05, 4.69) is 4.98 Å². The predicted molar refractivity (Wildman–Crippen MR) is 70.1 cm³/mol. The van der Waals surface area contributed by atoms with Crippen LogP contribution >= 0.6 is 11.3 Å². The Balaban J connectivity index is 2.19. The Bertz CT molecular complexity index is 660. The van der Waals surface area contributed by atoms with Gasteiger partial charge in [-0.3, -0.25) is 0 Å². The van der Waals surface area contributed by atoms with E-state index >= 15 is 0 Å². The van der Waals surface area contributed by atoms with E-state index in [0.717, 1.165) is 5.01 Å². The van der Waals surface area contributed by atoms with E-state index in [1.165, 1.54) is 34.8 Å². The molecule has 8 heteroatoms. The van der Waals surface area contributed by atoms with Gasteiger partial charge >= 0.3 is 0 Å². The normalized spacial score (nSPS) is 12.2. The van der Waals surface area contributed by atoms with Crippen molar-refractivity contribution in [3.63, 3.8) is 0 Å². The van der Waals surface area contributed by atoms with Crippen LogP contribution in [-0.4, -0.2) is 29.9 Å². The molecule has 0 atom stereocenters. The van der Waals surface area contributed by atoms with Crippen molar-refractivity contribution in [2.24, 2.45) is 0 Å². The fourth-order valence-corrected chi connectivity index (χ4v) is 3.19. The zero-order valence-corrected chi connectivity index (χ0v) is 12.2. The van der Waals surface area contributed by atoms with Crippen LogP contribution in [0, 0.1) is 6.92 Å². The SMILES string of the molecule is Cc1nc(CN(C)S(=O)(=O)c2ccc(CO)o2)cs1. The molecule has 0 bridgehead atoms. The molecule has 0 aliphatic carbocycles. The van der Waals surface area contributed by atoms with Gasteiger partial charge in [0.05, 0.1) is 17.2 Å². The van der Waals surface area contributed by atoms with E-state index in [1.807, 2.05) is 12.3 Å². The average Bonchev–Trinajstić information content (AvgIpc) is 2.98. The number of nitrogens with zero attached hydrogens (tertiary/aromatic N) is 2. The maximum atomic E-state index is 12.2. The van der Waals surface area contributed by atoms with Gasteiger partial charge in [-0.2, -0.15) is 4.31 Å². The molecule has 1 N–H and O–H groups in total. The van der Waals surface area contributed by atoms with Crippen molar-refractivity contribution in [1.29, 1.82) is 0 Å². The second-order valence-corrected chi connectivity index (χ2v) is 7.04. The van der Waals surface area contributed by atoms with Gasteiger partial charge in [0.25, 0.3) is 10.0 Å². The highest BCUT2D eigenvalue weighted by atomic mass is 32.2. The number of hydrogen-bond acceptors (Lipinski definition) is 6. The van der Waals surface area contributed by atoms with Crippen molar-refractivity contribution < 1.29 is 17.9 Å². The molecule has 6 nitrogen and oxygen atoms in total. The third kappa shape index (κ3) is 3.03. The number of thiazole rings is 1. The fourth-order valence-electron chi connectivity index (χ4n) is 1.53. The number of aromatic nitrogens is 1. The summed E-state index contributed by atoms with van der Waals surface area (Å²) in [6, 6.07) is 2.78. The first-order valence-corrected chi connectivity index (χ1v) is 7.82. The van der Waals surface area contributed by atoms with Gasteiger partial charge in [0, 0.05) is 12.4 Å². The minimum atomic E-state index is -3.70. The first kappa shape index (κ1) is 14.2. The summed E-state index contributed by atoms with van der Waals surface area (Å²) < 4.78 is 30.6. The molecule has 104 valence electrons. The van der Waals surface area contributed by atoms with E-state index in [4.69, 9.17) is 9.52 Å². The Labute approximate surface area is 115 Å². The van der Waals surface area contributed by atoms with E-state index in [-0.39, 0.29) is 24.0 Å². The fraction of sp³-hybridized carbons (Fsp3) is 0.364. The smallest absolute Gasteiger partial charge is 0.276 e. The summed E-state index contributed by atoms with van der Waals surface area (Å²) in [6.45, 7) is 1.72. The molecule has 0 aliphatic rings. The summed E-state index contributed by atoms with van der Waals surface area (Å²) in [6.07, 6.45) is 0. The van der Waals surface area contributed by atoms with Crippen molar-refractivity contribution in [2.45, 2.75) is 25.2 Å². The minimum absolute atomic E-state index is 0.175. The number of aliphatic hydroxyl groups is 1. The Morgan fingerprint density at radius 1 is 1.47 bits per heavy atom. The van der Waals surface area contributed by atoms with Gasteiger partial charge in [-0.15, -0.1) is 11.3 Å². The highest BCUT2D eigenvalue weighted by Crippen LogP contribution is 2.20. The quantitative estimate of drug-likeness (QED) is 0.901. The molecule has 0 saturated carbocycles. The number of furan rings is 1. The van der Waals surface area contributed by atoms with Gasteiger partial charge in [0.2, 0.25) is 5.09 Å². The van der Waals surface area contributed by atoms with Gasteiger partial charge in [-0.25, -0.2) is 13.4 Å². The standard InChI is InChI=1S/C11H14N2O4S2/c1-8-12-9(7-18-8)5-13(2)19(15,16)11-4-3-10(6-14)17-11/h3-4,7,14H,5-6H2,1-2H3. The molecule has 2 heterocycles. The molecule has 0 aromatic carbocycles. The van der Waals surface area contributed by atoms with Crippen LogP contribution in [0.4, 0.5) is 0 Å². The van der Waals surface area contributed by atoms with Gasteiger partial charge in [-0.05, 0) is 19.1 Å². The van der Waals surface area contributed by atoms with Gasteiger partial charge in [-0.1, -0.05) is 0 Å². The maximum absolute atomic E-state index is 12.2. The summed E-state index contributed by atoms with van der Waals surface area (Å²) in [4.78, 5) is 4.22. The van der Waals surface area contributed by atoms with Crippen molar-refractivity contribution in [3.05, 3.63) is 34.0 Å². The highest BCUT2D eigenvalue weighted by molar-refractivity contribution is 7.88. The Morgan fingerprint density at radius 3 is 2.74 bits per heavy atom. The van der Waals surface area contributed by atoms with Crippen LogP contribution in [-0.2, 0) is 23.2 Å². The van der Waals surface area contributed by atoms with Crippen LogP contribution in [0.3, 0.4) is 0 Å². The van der Waals surface area contributed by atoms with Crippen molar-refractivity contribution in [3.8, 4) is 0 Å². The lowest BCUT2D eigenvalue weighted by atomic mass is 10.5. The second-order valence-electron chi connectivity index (χ2n) is 4.00. The lowest BCUT2D eigenvalue weighted by Crippen LogP contribution is -2.26. The summed E-state index contributed by atoms with van der Waals surface area (Å²) in [7, 11) is -2.23. The molecule has 2 aromatic heterocycles. The highest BCUT2D eigenvalue weighted by Gasteiger charge is 2.25. The first-order valence-electron chi connectivity index (χ1n) is 5.50. The zero-order chi connectivity index (χ0) is 14.0. The van der Waals surface area contributed by atoms with Crippen molar-refractivity contribution in [2.75, 3.05) is 7.05 Å². The van der Waals surface area contributed by atoms with Crippen LogP contribution in [0.15, 0.2) is 27.0 Å². The van der Waals surface area contributed by atoms with Crippen LogP contribution in [0.1, 0.15) is 16.5 Å². The molecule has 0 amide bonds. The number of rotatable bonds is 5. The summed E-state index contributed by atoms with van der Waals surface area (Å²) >= 11 is 1.47. The average molecular weight is 302 g/mol. The molecule has 0 saturated heterocycles. The monoisotopic (exact) mass is 302 g/mol. The van der Waals surface area contributed by atoms with Crippen LogP contribution in [0.5, 0.6) is 0 Å². The predicted octanol–water partition coefficient (Wildman–Crippen LogP) is 1.36. The van der Waals surface area contributed by atoms with Crippen LogP contribution in [0.2, 0.25) is 0 Å². The minimum Gasteiger partial charge on any atom is -0.446 e.